The van der Waals surface area contributed by atoms with Crippen LogP contribution < -0.4 is 0 Å². The van der Waals surface area contributed by atoms with Crippen molar-refractivity contribution < 1.29 is 9.72 Å². The molecule has 0 spiro atoms. The molecule has 0 unspecified atom stereocenters. The minimum atomic E-state index is -0.434. The highest BCUT2D eigenvalue weighted by atomic mass is 32.1. The van der Waals surface area contributed by atoms with Crippen molar-refractivity contribution in [3.05, 3.63) is 75.3 Å². The predicted octanol–water partition coefficient (Wildman–Crippen LogP) is 4.76. The summed E-state index contributed by atoms with van der Waals surface area (Å²) in [6.07, 6.45) is 0.802. The lowest BCUT2D eigenvalue weighted by atomic mass is 10.1. The first-order valence-electron chi connectivity index (χ1n) is 7.85. The van der Waals surface area contributed by atoms with E-state index in [0.29, 0.717) is 16.3 Å². The molecule has 0 fully saturated rings. The van der Waals surface area contributed by atoms with Crippen molar-refractivity contribution in [2.75, 3.05) is 0 Å². The molecule has 4 rings (SSSR count). The van der Waals surface area contributed by atoms with E-state index in [9.17, 15) is 14.9 Å². The first kappa shape index (κ1) is 16.2. The zero-order valence-electron chi connectivity index (χ0n) is 13.7. The van der Waals surface area contributed by atoms with E-state index >= 15 is 0 Å². The van der Waals surface area contributed by atoms with Crippen molar-refractivity contribution in [1.82, 2.24) is 9.38 Å². The first-order valence-corrected chi connectivity index (χ1v) is 8.73. The van der Waals surface area contributed by atoms with E-state index < -0.39 is 4.92 Å². The normalized spacial score (nSPS) is 11.0. The lowest BCUT2D eigenvalue weighted by Crippen LogP contribution is -1.94. The van der Waals surface area contributed by atoms with E-state index in [4.69, 9.17) is 0 Å². The maximum atomic E-state index is 11.8. The van der Waals surface area contributed by atoms with E-state index in [1.165, 1.54) is 23.5 Å². The Morgan fingerprint density at radius 3 is 2.35 bits per heavy atom. The summed E-state index contributed by atoms with van der Waals surface area (Å²) in [5.74, 6) is 0. The van der Waals surface area contributed by atoms with Crippen molar-refractivity contribution >= 4 is 28.3 Å². The third kappa shape index (κ3) is 2.58. The van der Waals surface area contributed by atoms with Gasteiger partial charge in [-0.3, -0.25) is 19.3 Å². The zero-order valence-corrected chi connectivity index (χ0v) is 14.6. The van der Waals surface area contributed by atoms with Crippen LogP contribution in [0.3, 0.4) is 0 Å². The van der Waals surface area contributed by atoms with Crippen molar-refractivity contribution in [1.29, 1.82) is 0 Å². The molecule has 128 valence electrons. The molecule has 4 aromatic rings. The third-order valence-corrected chi connectivity index (χ3v) is 5.04. The topological polar surface area (TPSA) is 77.5 Å². The van der Waals surface area contributed by atoms with Gasteiger partial charge in [0.05, 0.1) is 10.6 Å². The summed E-state index contributed by atoms with van der Waals surface area (Å²) in [4.78, 5) is 27.6. The van der Waals surface area contributed by atoms with Crippen LogP contribution in [-0.4, -0.2) is 20.6 Å². The number of rotatable bonds is 4. The van der Waals surface area contributed by atoms with Crippen LogP contribution in [0.5, 0.6) is 0 Å². The fourth-order valence-electron chi connectivity index (χ4n) is 2.87. The number of nitrogens with zero attached hydrogens (tertiary/aromatic N) is 3. The van der Waals surface area contributed by atoms with Gasteiger partial charge < -0.3 is 0 Å². The molecular weight excluding hydrogens is 350 g/mol. The van der Waals surface area contributed by atoms with Crippen LogP contribution in [0.25, 0.3) is 27.5 Å². The molecule has 0 atom stereocenters. The minimum absolute atomic E-state index is 0.0295. The van der Waals surface area contributed by atoms with Crippen molar-refractivity contribution in [3.8, 4) is 22.5 Å². The standard InChI is InChI=1S/C19H13N3O3S/c1-12-2-4-14(5-3-12)18-16(10-23)21-17(11-26-19(21)20-18)13-6-8-15(9-7-13)22(24)25/h2-11H,1H3. The Balaban J connectivity index is 1.88. The second kappa shape index (κ2) is 6.20. The summed E-state index contributed by atoms with van der Waals surface area (Å²) in [5.41, 5.74) is 4.72. The molecule has 0 saturated heterocycles. The number of nitro groups is 1. The number of nitro benzene ring substituents is 1. The van der Waals surface area contributed by atoms with Crippen LogP contribution in [0.2, 0.25) is 0 Å². The molecule has 0 aliphatic heterocycles. The molecule has 0 radical (unpaired) electrons. The maximum absolute atomic E-state index is 11.8. The van der Waals surface area contributed by atoms with Gasteiger partial charge >= 0.3 is 0 Å². The van der Waals surface area contributed by atoms with Crippen LogP contribution in [0.4, 0.5) is 5.69 Å². The summed E-state index contributed by atoms with van der Waals surface area (Å²) in [5, 5.41) is 12.7. The quantitative estimate of drug-likeness (QED) is 0.297. The Labute approximate surface area is 152 Å². The molecule has 7 heteroatoms. The SMILES string of the molecule is Cc1ccc(-c2nc3scc(-c4ccc([N+](=O)[O-])cc4)n3c2C=O)cc1. The molecule has 2 aromatic heterocycles. The lowest BCUT2D eigenvalue weighted by molar-refractivity contribution is -0.384. The van der Waals surface area contributed by atoms with Crippen LogP contribution in [0, 0.1) is 17.0 Å². The molecule has 6 nitrogen and oxygen atoms in total. The first-order chi connectivity index (χ1) is 12.6. The molecule has 26 heavy (non-hydrogen) atoms. The fraction of sp³-hybridized carbons (Fsp3) is 0.0526. The number of benzene rings is 2. The summed E-state index contributed by atoms with van der Waals surface area (Å²) in [6, 6.07) is 14.1. The highest BCUT2D eigenvalue weighted by Crippen LogP contribution is 2.32. The molecule has 0 aliphatic rings. The van der Waals surface area contributed by atoms with Crippen molar-refractivity contribution in [2.45, 2.75) is 6.92 Å². The molecule has 2 aromatic carbocycles. The van der Waals surface area contributed by atoms with Gasteiger partial charge in [0.15, 0.2) is 11.2 Å². The van der Waals surface area contributed by atoms with E-state index in [2.05, 4.69) is 4.98 Å². The number of aldehydes is 1. The number of non-ortho nitro benzene ring substituents is 1. The predicted molar refractivity (Wildman–Crippen MR) is 101 cm³/mol. The Hall–Kier alpha value is -3.32. The Kier molecular flexibility index (Phi) is 3.85. The van der Waals surface area contributed by atoms with Gasteiger partial charge in [-0.25, -0.2) is 4.98 Å². The fourth-order valence-corrected chi connectivity index (χ4v) is 3.77. The van der Waals surface area contributed by atoms with Gasteiger partial charge in [0.25, 0.3) is 5.69 Å². The van der Waals surface area contributed by atoms with Crippen LogP contribution >= 0.6 is 11.3 Å². The monoisotopic (exact) mass is 363 g/mol. The number of carbonyl (C=O) groups excluding carboxylic acids is 1. The van der Waals surface area contributed by atoms with E-state index in [-0.39, 0.29) is 5.69 Å². The molecule has 0 bridgehead atoms. The number of carbonyl (C=O) groups is 1. The van der Waals surface area contributed by atoms with E-state index in [1.54, 1.807) is 16.5 Å². The van der Waals surface area contributed by atoms with Gasteiger partial charge in [-0.15, -0.1) is 11.3 Å². The Bertz CT molecular complexity index is 1130. The van der Waals surface area contributed by atoms with Crippen LogP contribution in [0.15, 0.2) is 53.9 Å². The van der Waals surface area contributed by atoms with Gasteiger partial charge in [0, 0.05) is 23.1 Å². The van der Waals surface area contributed by atoms with E-state index in [1.807, 2.05) is 36.6 Å². The average Bonchev–Trinajstić information content (AvgIpc) is 3.21. The zero-order chi connectivity index (χ0) is 18.3. The second-order valence-electron chi connectivity index (χ2n) is 5.87. The molecule has 0 N–H and O–H groups in total. The number of hydrogen-bond acceptors (Lipinski definition) is 5. The van der Waals surface area contributed by atoms with Crippen LogP contribution in [0.1, 0.15) is 16.1 Å². The van der Waals surface area contributed by atoms with Gasteiger partial charge in [-0.05, 0) is 24.6 Å². The smallest absolute Gasteiger partial charge is 0.269 e. The third-order valence-electron chi connectivity index (χ3n) is 4.21. The average molecular weight is 363 g/mol. The van der Waals surface area contributed by atoms with Crippen molar-refractivity contribution in [2.24, 2.45) is 0 Å². The van der Waals surface area contributed by atoms with E-state index in [0.717, 1.165) is 28.7 Å². The molecular formula is C19H13N3O3S. The number of aromatic nitrogens is 2. The Morgan fingerprint density at radius 2 is 1.73 bits per heavy atom. The maximum Gasteiger partial charge on any atom is 0.269 e. The van der Waals surface area contributed by atoms with Gasteiger partial charge in [0.2, 0.25) is 0 Å². The number of aryl methyl sites for hydroxylation is 1. The summed E-state index contributed by atoms with van der Waals surface area (Å²) < 4.78 is 1.80. The Morgan fingerprint density at radius 1 is 1.08 bits per heavy atom. The molecule has 0 saturated carbocycles. The number of thiazole rings is 1. The highest BCUT2D eigenvalue weighted by Gasteiger charge is 2.18. The number of hydrogen-bond donors (Lipinski definition) is 0. The number of fused-ring (bicyclic) bond motifs is 1. The van der Waals surface area contributed by atoms with Gasteiger partial charge in [-0.1, -0.05) is 29.8 Å². The second-order valence-corrected chi connectivity index (χ2v) is 6.71. The summed E-state index contributed by atoms with van der Waals surface area (Å²) in [6.45, 7) is 2.00. The number of imidazole rings is 1. The molecule has 0 amide bonds. The molecule has 0 aliphatic carbocycles. The lowest BCUT2D eigenvalue weighted by Gasteiger charge is -2.03. The molecule has 2 heterocycles. The van der Waals surface area contributed by atoms with Crippen molar-refractivity contribution in [3.63, 3.8) is 0 Å². The summed E-state index contributed by atoms with van der Waals surface area (Å²) >= 11 is 1.43. The largest absolute Gasteiger partial charge is 0.296 e. The minimum Gasteiger partial charge on any atom is -0.296 e. The van der Waals surface area contributed by atoms with Gasteiger partial charge in [0.1, 0.15) is 11.4 Å². The van der Waals surface area contributed by atoms with Gasteiger partial charge in [-0.2, -0.15) is 0 Å². The highest BCUT2D eigenvalue weighted by molar-refractivity contribution is 7.15. The van der Waals surface area contributed by atoms with Crippen LogP contribution in [-0.2, 0) is 0 Å². The summed E-state index contributed by atoms with van der Waals surface area (Å²) in [7, 11) is 0.